The van der Waals surface area contributed by atoms with E-state index in [9.17, 15) is 0 Å². The molecule has 3 nitrogen and oxygen atoms in total. The molecule has 3 heteroatoms. The van der Waals surface area contributed by atoms with Crippen LogP contribution in [0.2, 0.25) is 0 Å². The van der Waals surface area contributed by atoms with Crippen molar-refractivity contribution in [3.8, 4) is 5.75 Å². The molecular weight excluding hydrogens is 284 g/mol. The normalized spacial score (nSPS) is 17.4. The zero-order valence-corrected chi connectivity index (χ0v) is 15.5. The molecular formula is C20H34N2O. The maximum Gasteiger partial charge on any atom is 0.119 e. The minimum absolute atomic E-state index is 0.181. The summed E-state index contributed by atoms with van der Waals surface area (Å²) in [5.41, 5.74) is 1.52. The lowest BCUT2D eigenvalue weighted by Gasteiger charge is -2.33. The van der Waals surface area contributed by atoms with Crippen molar-refractivity contribution < 1.29 is 4.74 Å². The van der Waals surface area contributed by atoms with Crippen LogP contribution in [0.15, 0.2) is 24.3 Å². The number of benzene rings is 1. The molecule has 0 amide bonds. The lowest BCUT2D eigenvalue weighted by Crippen LogP contribution is -2.46. The van der Waals surface area contributed by atoms with Crippen LogP contribution < -0.4 is 4.74 Å². The Morgan fingerprint density at radius 3 is 2.35 bits per heavy atom. The third-order valence-corrected chi connectivity index (χ3v) is 4.75. The third kappa shape index (κ3) is 6.15. The van der Waals surface area contributed by atoms with Gasteiger partial charge in [-0.25, -0.2) is 0 Å². The Hall–Kier alpha value is -1.06. The van der Waals surface area contributed by atoms with Crippen LogP contribution in [0.25, 0.3) is 0 Å². The number of likely N-dealkylation sites (N-methyl/N-ethyl adjacent to an activating group) is 1. The second-order valence-corrected chi connectivity index (χ2v) is 7.61. The van der Waals surface area contributed by atoms with Crippen LogP contribution >= 0.6 is 0 Å². The van der Waals surface area contributed by atoms with Crippen LogP contribution in [0.1, 0.15) is 46.1 Å². The summed E-state index contributed by atoms with van der Waals surface area (Å²) in [5.74, 6) is 1.01. The molecule has 0 aliphatic carbocycles. The average Bonchev–Trinajstić information content (AvgIpc) is 2.54. The van der Waals surface area contributed by atoms with Gasteiger partial charge in [-0.1, -0.05) is 39.8 Å². The lowest BCUT2D eigenvalue weighted by molar-refractivity contribution is 0.134. The Morgan fingerprint density at radius 1 is 1.00 bits per heavy atom. The van der Waals surface area contributed by atoms with Gasteiger partial charge in [-0.3, -0.25) is 0 Å². The van der Waals surface area contributed by atoms with Gasteiger partial charge in [0.25, 0.3) is 0 Å². The Kier molecular flexibility index (Phi) is 6.91. The molecule has 0 spiro atoms. The molecule has 0 saturated carbocycles. The monoisotopic (exact) mass is 318 g/mol. The molecule has 0 atom stereocenters. The second-order valence-electron chi connectivity index (χ2n) is 7.61. The molecule has 1 aliphatic rings. The van der Waals surface area contributed by atoms with Gasteiger partial charge in [0.05, 0.1) is 6.61 Å². The number of ether oxygens (including phenoxy) is 1. The molecule has 0 unspecified atom stereocenters. The topological polar surface area (TPSA) is 15.7 Å². The molecule has 0 N–H and O–H groups in total. The summed E-state index contributed by atoms with van der Waals surface area (Å²) in [6.07, 6.45) is 2.36. The molecule has 2 rings (SSSR count). The van der Waals surface area contributed by atoms with Crippen LogP contribution in [0.4, 0.5) is 0 Å². The largest absolute Gasteiger partial charge is 0.494 e. The predicted molar refractivity (Wildman–Crippen MR) is 98.4 cm³/mol. The smallest absolute Gasteiger partial charge is 0.119 e. The summed E-state index contributed by atoms with van der Waals surface area (Å²) in [7, 11) is 0. The summed E-state index contributed by atoms with van der Waals surface area (Å²) in [5, 5.41) is 0. The molecule has 0 aromatic heterocycles. The number of piperazine rings is 1. The van der Waals surface area contributed by atoms with Crippen molar-refractivity contribution in [2.45, 2.75) is 46.0 Å². The van der Waals surface area contributed by atoms with Gasteiger partial charge >= 0.3 is 0 Å². The Morgan fingerprint density at radius 2 is 1.70 bits per heavy atom. The minimum Gasteiger partial charge on any atom is -0.494 e. The maximum atomic E-state index is 5.94. The zero-order valence-electron chi connectivity index (χ0n) is 15.5. The van der Waals surface area contributed by atoms with E-state index in [1.807, 2.05) is 0 Å². The standard InChI is InChI=1S/C20H34N2O/c1-5-21-12-14-22(15-13-21)11-6-7-16-23-19-10-8-9-18(17-19)20(2,3)4/h8-10,17H,5-7,11-16H2,1-4H3. The highest BCUT2D eigenvalue weighted by Crippen LogP contribution is 2.25. The van der Waals surface area contributed by atoms with Gasteiger partial charge in [-0.15, -0.1) is 0 Å². The SMILES string of the molecule is CCN1CCN(CCCCOc2cccc(C(C)(C)C)c2)CC1. The molecule has 1 aliphatic heterocycles. The lowest BCUT2D eigenvalue weighted by atomic mass is 9.87. The molecule has 1 heterocycles. The molecule has 0 bridgehead atoms. The van der Waals surface area contributed by atoms with Crippen molar-refractivity contribution in [2.24, 2.45) is 0 Å². The predicted octanol–water partition coefficient (Wildman–Crippen LogP) is 3.78. The van der Waals surface area contributed by atoms with Gasteiger partial charge in [-0.05, 0) is 49.0 Å². The highest BCUT2D eigenvalue weighted by atomic mass is 16.5. The fourth-order valence-corrected chi connectivity index (χ4v) is 3.01. The van der Waals surface area contributed by atoms with Gasteiger partial charge in [0.2, 0.25) is 0 Å². The van der Waals surface area contributed by atoms with Gasteiger partial charge in [0, 0.05) is 26.2 Å². The van der Waals surface area contributed by atoms with Crippen LogP contribution in [-0.2, 0) is 5.41 Å². The van der Waals surface area contributed by atoms with Crippen molar-refractivity contribution in [1.82, 2.24) is 9.80 Å². The first-order valence-corrected chi connectivity index (χ1v) is 9.17. The number of hydrogen-bond acceptors (Lipinski definition) is 3. The van der Waals surface area contributed by atoms with E-state index in [1.54, 1.807) is 0 Å². The van der Waals surface area contributed by atoms with E-state index in [-0.39, 0.29) is 5.41 Å². The molecule has 1 aromatic carbocycles. The van der Waals surface area contributed by atoms with E-state index < -0.39 is 0 Å². The first-order valence-electron chi connectivity index (χ1n) is 9.17. The van der Waals surface area contributed by atoms with Crippen molar-refractivity contribution in [1.29, 1.82) is 0 Å². The first kappa shape index (κ1) is 18.3. The number of nitrogens with zero attached hydrogens (tertiary/aromatic N) is 2. The van der Waals surface area contributed by atoms with Crippen molar-refractivity contribution in [2.75, 3.05) is 45.9 Å². The van der Waals surface area contributed by atoms with Gasteiger partial charge in [0.15, 0.2) is 0 Å². The summed E-state index contributed by atoms with van der Waals surface area (Å²) >= 11 is 0. The first-order chi connectivity index (χ1) is 11.0. The van der Waals surface area contributed by atoms with E-state index in [2.05, 4.69) is 61.8 Å². The molecule has 0 radical (unpaired) electrons. The highest BCUT2D eigenvalue weighted by molar-refractivity contribution is 5.32. The fourth-order valence-electron chi connectivity index (χ4n) is 3.01. The summed E-state index contributed by atoms with van der Waals surface area (Å²) in [6, 6.07) is 8.54. The summed E-state index contributed by atoms with van der Waals surface area (Å²) in [6.45, 7) is 17.1. The third-order valence-electron chi connectivity index (χ3n) is 4.75. The second kappa shape index (κ2) is 8.70. The Labute approximate surface area is 142 Å². The molecule has 1 saturated heterocycles. The van der Waals surface area contributed by atoms with Crippen LogP contribution in [0.3, 0.4) is 0 Å². The Balaban J connectivity index is 1.63. The van der Waals surface area contributed by atoms with Gasteiger partial charge in [0.1, 0.15) is 5.75 Å². The summed E-state index contributed by atoms with van der Waals surface area (Å²) < 4.78 is 5.94. The van der Waals surface area contributed by atoms with E-state index >= 15 is 0 Å². The van der Waals surface area contributed by atoms with E-state index in [0.29, 0.717) is 0 Å². The van der Waals surface area contributed by atoms with Gasteiger partial charge < -0.3 is 14.5 Å². The minimum atomic E-state index is 0.181. The summed E-state index contributed by atoms with van der Waals surface area (Å²) in [4.78, 5) is 5.12. The van der Waals surface area contributed by atoms with Gasteiger partial charge in [-0.2, -0.15) is 0 Å². The number of rotatable bonds is 7. The molecule has 1 fully saturated rings. The van der Waals surface area contributed by atoms with E-state index in [1.165, 1.54) is 51.3 Å². The average molecular weight is 319 g/mol. The van der Waals surface area contributed by atoms with E-state index in [4.69, 9.17) is 4.74 Å². The van der Waals surface area contributed by atoms with Crippen molar-refractivity contribution in [3.05, 3.63) is 29.8 Å². The number of hydrogen-bond donors (Lipinski definition) is 0. The van der Waals surface area contributed by atoms with Crippen LogP contribution in [0, 0.1) is 0 Å². The Bertz CT molecular complexity index is 459. The van der Waals surface area contributed by atoms with Crippen LogP contribution in [0.5, 0.6) is 5.75 Å². The van der Waals surface area contributed by atoms with Crippen LogP contribution in [-0.4, -0.2) is 55.7 Å². The highest BCUT2D eigenvalue weighted by Gasteiger charge is 2.15. The quantitative estimate of drug-likeness (QED) is 0.712. The molecule has 130 valence electrons. The fraction of sp³-hybridized carbons (Fsp3) is 0.700. The maximum absolute atomic E-state index is 5.94. The van der Waals surface area contributed by atoms with Crippen molar-refractivity contribution >= 4 is 0 Å². The number of unbranched alkanes of at least 4 members (excludes halogenated alkanes) is 1. The van der Waals surface area contributed by atoms with Crippen molar-refractivity contribution in [3.63, 3.8) is 0 Å². The zero-order chi connectivity index (χ0) is 16.7. The molecule has 23 heavy (non-hydrogen) atoms. The molecule has 1 aromatic rings. The van der Waals surface area contributed by atoms with E-state index in [0.717, 1.165) is 18.8 Å².